The molecule has 0 atom stereocenters. The summed E-state index contributed by atoms with van der Waals surface area (Å²) in [6, 6.07) is 10.3. The first kappa shape index (κ1) is 18.2. The van der Waals surface area contributed by atoms with Gasteiger partial charge in [-0.05, 0) is 18.6 Å². The van der Waals surface area contributed by atoms with E-state index in [1.54, 1.807) is 12.4 Å². The van der Waals surface area contributed by atoms with Gasteiger partial charge in [0.15, 0.2) is 0 Å². The van der Waals surface area contributed by atoms with E-state index < -0.39 is 0 Å². The molecule has 3 rings (SSSR count). The Balaban J connectivity index is 1.56. The fourth-order valence-corrected chi connectivity index (χ4v) is 3.11. The SMILES string of the molecule is CCCCN(C)c1ncc(C(=O)N2CCN(c3ccccc3)CC2)cn1. The number of aromatic nitrogens is 2. The summed E-state index contributed by atoms with van der Waals surface area (Å²) in [6.45, 7) is 6.19. The van der Waals surface area contributed by atoms with Crippen LogP contribution < -0.4 is 9.80 Å². The highest BCUT2D eigenvalue weighted by atomic mass is 16.2. The highest BCUT2D eigenvalue weighted by molar-refractivity contribution is 5.93. The number of piperazine rings is 1. The van der Waals surface area contributed by atoms with Gasteiger partial charge >= 0.3 is 0 Å². The Morgan fingerprint density at radius 2 is 1.73 bits per heavy atom. The minimum atomic E-state index is 0.0143. The molecule has 0 radical (unpaired) electrons. The number of carbonyl (C=O) groups is 1. The number of nitrogens with zero attached hydrogens (tertiary/aromatic N) is 5. The average molecular weight is 353 g/mol. The van der Waals surface area contributed by atoms with Crippen molar-refractivity contribution in [1.29, 1.82) is 0 Å². The molecule has 6 heteroatoms. The Morgan fingerprint density at radius 3 is 2.35 bits per heavy atom. The first-order chi connectivity index (χ1) is 12.7. The van der Waals surface area contributed by atoms with E-state index in [0.717, 1.165) is 32.5 Å². The number of benzene rings is 1. The van der Waals surface area contributed by atoms with Gasteiger partial charge in [0.25, 0.3) is 5.91 Å². The van der Waals surface area contributed by atoms with E-state index in [9.17, 15) is 4.79 Å². The molecule has 6 nitrogen and oxygen atoms in total. The molecule has 1 aliphatic rings. The molecular weight excluding hydrogens is 326 g/mol. The zero-order valence-electron chi connectivity index (χ0n) is 15.6. The van der Waals surface area contributed by atoms with Crippen LogP contribution in [0.1, 0.15) is 30.1 Å². The van der Waals surface area contributed by atoms with Crippen molar-refractivity contribution < 1.29 is 4.79 Å². The lowest BCUT2D eigenvalue weighted by atomic mass is 10.2. The lowest BCUT2D eigenvalue weighted by molar-refractivity contribution is 0.0746. The Kier molecular flexibility index (Phi) is 6.04. The number of unbranched alkanes of at least 4 members (excludes halogenated alkanes) is 1. The van der Waals surface area contributed by atoms with E-state index in [4.69, 9.17) is 0 Å². The number of hydrogen-bond acceptors (Lipinski definition) is 5. The number of anilines is 2. The molecule has 1 amide bonds. The second-order valence-electron chi connectivity index (χ2n) is 6.66. The molecule has 138 valence electrons. The maximum absolute atomic E-state index is 12.7. The zero-order chi connectivity index (χ0) is 18.4. The second-order valence-corrected chi connectivity index (χ2v) is 6.66. The van der Waals surface area contributed by atoms with Crippen LogP contribution in [-0.2, 0) is 0 Å². The third kappa shape index (κ3) is 4.31. The molecule has 1 aliphatic heterocycles. The molecule has 2 heterocycles. The molecule has 0 unspecified atom stereocenters. The van der Waals surface area contributed by atoms with E-state index in [0.29, 0.717) is 24.6 Å². The van der Waals surface area contributed by atoms with Gasteiger partial charge in [-0.2, -0.15) is 0 Å². The monoisotopic (exact) mass is 353 g/mol. The Labute approximate surface area is 155 Å². The number of carbonyl (C=O) groups excluding carboxylic acids is 1. The summed E-state index contributed by atoms with van der Waals surface area (Å²) < 4.78 is 0. The predicted molar refractivity (Wildman–Crippen MR) is 105 cm³/mol. The van der Waals surface area contributed by atoms with Crippen LogP contribution in [0.15, 0.2) is 42.7 Å². The maximum atomic E-state index is 12.7. The van der Waals surface area contributed by atoms with Gasteiger partial charge in [0.05, 0.1) is 5.56 Å². The van der Waals surface area contributed by atoms with Gasteiger partial charge in [-0.3, -0.25) is 4.79 Å². The van der Waals surface area contributed by atoms with Crippen molar-refractivity contribution in [1.82, 2.24) is 14.9 Å². The first-order valence-corrected chi connectivity index (χ1v) is 9.31. The molecule has 26 heavy (non-hydrogen) atoms. The van der Waals surface area contributed by atoms with Crippen LogP contribution in [0, 0.1) is 0 Å². The number of hydrogen-bond donors (Lipinski definition) is 0. The van der Waals surface area contributed by atoms with E-state index in [-0.39, 0.29) is 5.91 Å². The number of rotatable bonds is 6. The minimum Gasteiger partial charge on any atom is -0.368 e. The Morgan fingerprint density at radius 1 is 1.08 bits per heavy atom. The summed E-state index contributed by atoms with van der Waals surface area (Å²) in [6.07, 6.45) is 5.54. The Bertz CT molecular complexity index is 696. The first-order valence-electron chi connectivity index (χ1n) is 9.31. The van der Waals surface area contributed by atoms with E-state index in [2.05, 4.69) is 33.9 Å². The molecule has 0 bridgehead atoms. The summed E-state index contributed by atoms with van der Waals surface area (Å²) in [5.74, 6) is 0.685. The van der Waals surface area contributed by atoms with Crippen molar-refractivity contribution in [2.75, 3.05) is 49.6 Å². The van der Waals surface area contributed by atoms with Gasteiger partial charge in [-0.25, -0.2) is 9.97 Å². The van der Waals surface area contributed by atoms with E-state index >= 15 is 0 Å². The molecule has 1 aromatic carbocycles. The molecule has 1 saturated heterocycles. The summed E-state index contributed by atoms with van der Waals surface area (Å²) in [5.41, 5.74) is 1.77. The van der Waals surface area contributed by atoms with Gasteiger partial charge < -0.3 is 14.7 Å². The molecule has 2 aromatic rings. The Hall–Kier alpha value is -2.63. The predicted octanol–water partition coefficient (Wildman–Crippen LogP) is 2.68. The molecule has 1 aromatic heterocycles. The number of amides is 1. The van der Waals surface area contributed by atoms with Crippen molar-refractivity contribution in [3.8, 4) is 0 Å². The van der Waals surface area contributed by atoms with Gasteiger partial charge in [-0.15, -0.1) is 0 Å². The van der Waals surface area contributed by atoms with Crippen LogP contribution in [0.5, 0.6) is 0 Å². The maximum Gasteiger partial charge on any atom is 0.257 e. The fraction of sp³-hybridized carbons (Fsp3) is 0.450. The van der Waals surface area contributed by atoms with Gasteiger partial charge in [0.1, 0.15) is 0 Å². The van der Waals surface area contributed by atoms with Gasteiger partial charge in [-0.1, -0.05) is 31.5 Å². The average Bonchev–Trinajstić information content (AvgIpc) is 2.72. The quantitative estimate of drug-likeness (QED) is 0.799. The molecule has 0 aliphatic carbocycles. The van der Waals surface area contributed by atoms with Crippen LogP contribution in [0.4, 0.5) is 11.6 Å². The zero-order valence-corrected chi connectivity index (χ0v) is 15.6. The minimum absolute atomic E-state index is 0.0143. The normalized spacial score (nSPS) is 14.4. The second kappa shape index (κ2) is 8.65. The van der Waals surface area contributed by atoms with Crippen LogP contribution in [0.3, 0.4) is 0 Å². The fourth-order valence-electron chi connectivity index (χ4n) is 3.11. The van der Waals surface area contributed by atoms with Crippen molar-refractivity contribution in [2.45, 2.75) is 19.8 Å². The van der Waals surface area contributed by atoms with Crippen molar-refractivity contribution >= 4 is 17.5 Å². The summed E-state index contributed by atoms with van der Waals surface area (Å²) in [7, 11) is 1.98. The summed E-state index contributed by atoms with van der Waals surface area (Å²) in [5, 5.41) is 0. The molecule has 0 N–H and O–H groups in total. The molecule has 0 spiro atoms. The lowest BCUT2D eigenvalue weighted by Gasteiger charge is -2.36. The van der Waals surface area contributed by atoms with Crippen molar-refractivity contribution in [3.63, 3.8) is 0 Å². The summed E-state index contributed by atoms with van der Waals surface area (Å²) >= 11 is 0. The van der Waals surface area contributed by atoms with Crippen molar-refractivity contribution in [2.24, 2.45) is 0 Å². The van der Waals surface area contributed by atoms with Crippen LogP contribution in [0.25, 0.3) is 0 Å². The van der Waals surface area contributed by atoms with Crippen LogP contribution in [-0.4, -0.2) is 60.5 Å². The van der Waals surface area contributed by atoms with Crippen LogP contribution in [0.2, 0.25) is 0 Å². The standard InChI is InChI=1S/C20H27N5O/c1-3-4-10-23(2)20-21-15-17(16-22-20)19(26)25-13-11-24(12-14-25)18-8-6-5-7-9-18/h5-9,15-16H,3-4,10-14H2,1-2H3. The van der Waals surface area contributed by atoms with E-state index in [1.807, 2.05) is 35.0 Å². The van der Waals surface area contributed by atoms with E-state index in [1.165, 1.54) is 5.69 Å². The smallest absolute Gasteiger partial charge is 0.257 e. The third-order valence-corrected chi connectivity index (χ3v) is 4.76. The topological polar surface area (TPSA) is 52.6 Å². The lowest BCUT2D eigenvalue weighted by Crippen LogP contribution is -2.48. The van der Waals surface area contributed by atoms with Gasteiger partial charge in [0.2, 0.25) is 5.95 Å². The highest BCUT2D eigenvalue weighted by Crippen LogP contribution is 2.17. The largest absolute Gasteiger partial charge is 0.368 e. The molecular formula is C20H27N5O. The number of para-hydroxylation sites is 1. The van der Waals surface area contributed by atoms with Crippen LogP contribution >= 0.6 is 0 Å². The molecule has 1 fully saturated rings. The molecule has 0 saturated carbocycles. The van der Waals surface area contributed by atoms with Gasteiger partial charge in [0, 0.05) is 57.9 Å². The summed E-state index contributed by atoms with van der Waals surface area (Å²) in [4.78, 5) is 27.7. The highest BCUT2D eigenvalue weighted by Gasteiger charge is 2.22. The van der Waals surface area contributed by atoms with Crippen molar-refractivity contribution in [3.05, 3.63) is 48.3 Å². The third-order valence-electron chi connectivity index (χ3n) is 4.76.